The van der Waals surface area contributed by atoms with Gasteiger partial charge in [0.05, 0.1) is 18.2 Å². The van der Waals surface area contributed by atoms with Gasteiger partial charge in [0.2, 0.25) is 5.13 Å². The van der Waals surface area contributed by atoms with Gasteiger partial charge in [-0.05, 0) is 71.6 Å². The molecule has 1 saturated heterocycles. The monoisotopic (exact) mass is 635 g/mol. The zero-order chi connectivity index (χ0) is 31.1. The molecule has 1 fully saturated rings. The number of amides is 1. The molecule has 10 heteroatoms. The highest BCUT2D eigenvalue weighted by atomic mass is 32.2. The molecular formula is C35H29N3O5S2. The first-order valence-corrected chi connectivity index (χ1v) is 16.5. The molecule has 4 aromatic carbocycles. The number of carbonyl (C=O) groups excluding carboxylic acids is 2. The lowest BCUT2D eigenvalue weighted by molar-refractivity contribution is -0.132. The van der Waals surface area contributed by atoms with Gasteiger partial charge >= 0.3 is 5.91 Å². The second-order valence-electron chi connectivity index (χ2n) is 10.9. The summed E-state index contributed by atoms with van der Waals surface area (Å²) in [6.45, 7) is 4.32. The van der Waals surface area contributed by atoms with Crippen molar-refractivity contribution in [3.05, 3.63) is 113 Å². The summed E-state index contributed by atoms with van der Waals surface area (Å²) < 4.78 is 12.2. The number of rotatable bonds is 8. The molecule has 0 spiro atoms. The highest BCUT2D eigenvalue weighted by molar-refractivity contribution is 8.00. The third-order valence-electron chi connectivity index (χ3n) is 7.93. The van der Waals surface area contributed by atoms with E-state index in [1.165, 1.54) is 33.4 Å². The van der Waals surface area contributed by atoms with Crippen molar-refractivity contribution >= 4 is 56.5 Å². The highest BCUT2D eigenvalue weighted by Crippen LogP contribution is 2.45. The van der Waals surface area contributed by atoms with Crippen LogP contribution < -0.4 is 14.4 Å². The standard InChI is InChI=1S/C35H29N3O5S2/c1-3-42-26-12-7-10-22(18-26)30-29(31(39)23-14-15-28-25(17-23)16-20(2)43-28)32(40)33(41)38(30)34-36-37-35(45-34)44-19-24-11-6-9-21-8-4-5-13-27(21)24/h4-15,17-18,20,30,39H,3,16,19H2,1-2H3. The summed E-state index contributed by atoms with van der Waals surface area (Å²) in [5.41, 5.74) is 3.14. The van der Waals surface area contributed by atoms with E-state index in [1.807, 2.05) is 50.2 Å². The number of nitrogens with zero attached hydrogens (tertiary/aromatic N) is 3. The van der Waals surface area contributed by atoms with Crippen LogP contribution >= 0.6 is 23.1 Å². The van der Waals surface area contributed by atoms with E-state index in [0.717, 1.165) is 22.3 Å². The average molecular weight is 636 g/mol. The maximum absolute atomic E-state index is 13.7. The lowest BCUT2D eigenvalue weighted by Crippen LogP contribution is -2.29. The Bertz CT molecular complexity index is 1980. The Morgan fingerprint density at radius 3 is 2.73 bits per heavy atom. The molecule has 2 aliphatic rings. The molecule has 0 bridgehead atoms. The van der Waals surface area contributed by atoms with Crippen LogP contribution in [-0.4, -0.2) is 39.7 Å². The molecule has 0 radical (unpaired) electrons. The van der Waals surface area contributed by atoms with Gasteiger partial charge in [-0.15, -0.1) is 10.2 Å². The number of thioether (sulfide) groups is 1. The summed E-state index contributed by atoms with van der Waals surface area (Å²) in [5.74, 6) is 0.193. The van der Waals surface area contributed by atoms with Gasteiger partial charge in [0.15, 0.2) is 4.34 Å². The summed E-state index contributed by atoms with van der Waals surface area (Å²) in [6, 6.07) is 26.0. The number of aliphatic hydroxyl groups excluding tert-OH is 1. The Balaban J connectivity index is 1.26. The van der Waals surface area contributed by atoms with Crippen molar-refractivity contribution in [3.63, 3.8) is 0 Å². The third-order valence-corrected chi connectivity index (χ3v) is 10.0. The molecule has 2 unspecified atom stereocenters. The quantitative estimate of drug-likeness (QED) is 0.0622. The number of hydrogen-bond donors (Lipinski definition) is 1. The fraction of sp³-hybridized carbons (Fsp3) is 0.200. The molecule has 7 rings (SSSR count). The van der Waals surface area contributed by atoms with Crippen molar-refractivity contribution in [1.29, 1.82) is 0 Å². The molecule has 3 heterocycles. The zero-order valence-corrected chi connectivity index (χ0v) is 26.2. The topological polar surface area (TPSA) is 102 Å². The van der Waals surface area contributed by atoms with Gasteiger partial charge in [-0.2, -0.15) is 0 Å². The van der Waals surface area contributed by atoms with E-state index in [-0.39, 0.29) is 22.6 Å². The minimum Gasteiger partial charge on any atom is -0.507 e. The lowest BCUT2D eigenvalue weighted by atomic mass is 9.94. The summed E-state index contributed by atoms with van der Waals surface area (Å²) in [7, 11) is 0. The van der Waals surface area contributed by atoms with Crippen LogP contribution in [0.25, 0.3) is 16.5 Å². The fourth-order valence-electron chi connectivity index (χ4n) is 5.93. The van der Waals surface area contributed by atoms with E-state index in [2.05, 4.69) is 34.5 Å². The number of ether oxygens (including phenoxy) is 2. The third kappa shape index (κ3) is 5.44. The molecular weight excluding hydrogens is 607 g/mol. The molecule has 0 saturated carbocycles. The molecule has 45 heavy (non-hydrogen) atoms. The van der Waals surface area contributed by atoms with Gasteiger partial charge in [0.1, 0.15) is 23.4 Å². The number of carbonyl (C=O) groups is 2. The molecule has 1 aromatic heterocycles. The summed E-state index contributed by atoms with van der Waals surface area (Å²) in [6.07, 6.45) is 0.712. The number of hydrogen-bond acceptors (Lipinski definition) is 9. The van der Waals surface area contributed by atoms with Crippen LogP contribution in [0.3, 0.4) is 0 Å². The summed E-state index contributed by atoms with van der Waals surface area (Å²) in [4.78, 5) is 28.8. The van der Waals surface area contributed by atoms with Gasteiger partial charge in [-0.25, -0.2) is 0 Å². The van der Waals surface area contributed by atoms with Gasteiger partial charge in [0, 0.05) is 17.7 Å². The smallest absolute Gasteiger partial charge is 0.301 e. The molecule has 226 valence electrons. The van der Waals surface area contributed by atoms with Crippen LogP contribution in [0.1, 0.15) is 42.1 Å². The van der Waals surface area contributed by atoms with E-state index in [0.29, 0.717) is 40.0 Å². The second-order valence-corrected chi connectivity index (χ2v) is 13.1. The van der Waals surface area contributed by atoms with Crippen LogP contribution in [0, 0.1) is 0 Å². The Labute approximate surface area is 268 Å². The Hall–Kier alpha value is -4.67. The van der Waals surface area contributed by atoms with Crippen molar-refractivity contribution in [2.24, 2.45) is 0 Å². The van der Waals surface area contributed by atoms with Crippen molar-refractivity contribution in [2.45, 2.75) is 42.5 Å². The van der Waals surface area contributed by atoms with Gasteiger partial charge < -0.3 is 14.6 Å². The number of Topliss-reactive ketones (excluding diaryl/α,β-unsaturated/α-hetero) is 1. The molecule has 1 amide bonds. The fourth-order valence-corrected chi connectivity index (χ4v) is 7.80. The number of aromatic nitrogens is 2. The maximum Gasteiger partial charge on any atom is 0.301 e. The maximum atomic E-state index is 13.7. The van der Waals surface area contributed by atoms with Gasteiger partial charge in [0.25, 0.3) is 5.78 Å². The van der Waals surface area contributed by atoms with Gasteiger partial charge in [-0.1, -0.05) is 77.7 Å². The minimum atomic E-state index is -0.933. The van der Waals surface area contributed by atoms with Crippen LogP contribution in [0.15, 0.2) is 94.8 Å². The number of anilines is 1. The number of fused-ring (bicyclic) bond motifs is 2. The Morgan fingerprint density at radius 1 is 1.04 bits per heavy atom. The van der Waals surface area contributed by atoms with E-state index in [9.17, 15) is 14.7 Å². The SMILES string of the molecule is CCOc1cccc(C2C(=C(O)c3ccc4c(c3)CC(C)O4)C(=O)C(=O)N2c2nnc(SCc3cccc4ccccc34)s2)c1. The molecule has 0 aliphatic carbocycles. The Kier molecular flexibility index (Phi) is 7.76. The molecule has 8 nitrogen and oxygen atoms in total. The number of ketones is 1. The van der Waals surface area contributed by atoms with Gasteiger partial charge in [-0.3, -0.25) is 14.5 Å². The predicted octanol–water partition coefficient (Wildman–Crippen LogP) is 7.33. The molecule has 5 aromatic rings. The number of benzene rings is 4. The summed E-state index contributed by atoms with van der Waals surface area (Å²) >= 11 is 2.76. The molecule has 1 N–H and O–H groups in total. The van der Waals surface area contributed by atoms with Crippen molar-refractivity contribution in [1.82, 2.24) is 10.2 Å². The summed E-state index contributed by atoms with van der Waals surface area (Å²) in [5, 5.41) is 23.0. The van der Waals surface area contributed by atoms with E-state index in [1.54, 1.807) is 24.3 Å². The van der Waals surface area contributed by atoms with Crippen molar-refractivity contribution < 1.29 is 24.2 Å². The van der Waals surface area contributed by atoms with E-state index >= 15 is 0 Å². The number of aliphatic hydroxyl groups is 1. The minimum absolute atomic E-state index is 0.0132. The van der Waals surface area contributed by atoms with Crippen LogP contribution in [0.4, 0.5) is 5.13 Å². The van der Waals surface area contributed by atoms with Crippen molar-refractivity contribution in [3.8, 4) is 11.5 Å². The second kappa shape index (κ2) is 12.0. The molecule has 2 aliphatic heterocycles. The first kappa shape index (κ1) is 29.1. The van der Waals surface area contributed by atoms with Crippen molar-refractivity contribution in [2.75, 3.05) is 11.5 Å². The normalized spacial score (nSPS) is 18.8. The highest BCUT2D eigenvalue weighted by Gasteiger charge is 2.48. The van der Waals surface area contributed by atoms with E-state index < -0.39 is 17.7 Å². The molecule has 2 atom stereocenters. The largest absolute Gasteiger partial charge is 0.507 e. The van der Waals surface area contributed by atoms with E-state index in [4.69, 9.17) is 9.47 Å². The van der Waals surface area contributed by atoms with Crippen LogP contribution in [-0.2, 0) is 21.8 Å². The first-order chi connectivity index (χ1) is 21.9. The Morgan fingerprint density at radius 2 is 1.87 bits per heavy atom. The van der Waals surface area contributed by atoms with Crippen LogP contribution in [0.5, 0.6) is 11.5 Å². The van der Waals surface area contributed by atoms with Crippen LogP contribution in [0.2, 0.25) is 0 Å². The zero-order valence-electron chi connectivity index (χ0n) is 24.6. The predicted molar refractivity (Wildman–Crippen MR) is 176 cm³/mol. The first-order valence-electron chi connectivity index (χ1n) is 14.7. The lowest BCUT2D eigenvalue weighted by Gasteiger charge is -2.23. The average Bonchev–Trinajstić information content (AvgIpc) is 3.74.